The molecule has 0 saturated heterocycles. The van der Waals surface area contributed by atoms with Crippen LogP contribution in [0.25, 0.3) is 0 Å². The van der Waals surface area contributed by atoms with Gasteiger partial charge in [-0.1, -0.05) is 0 Å². The van der Waals surface area contributed by atoms with E-state index < -0.39 is 0 Å². The summed E-state index contributed by atoms with van der Waals surface area (Å²) in [5.74, 6) is 0.681. The Morgan fingerprint density at radius 1 is 1.25 bits per heavy atom. The number of rotatable bonds is 2. The molecule has 1 aliphatic rings. The molecule has 4 nitrogen and oxygen atoms in total. The molecule has 1 aliphatic carbocycles. The minimum atomic E-state index is 0.259. The molecule has 0 bridgehead atoms. The van der Waals surface area contributed by atoms with E-state index in [2.05, 4.69) is 9.97 Å². The van der Waals surface area contributed by atoms with E-state index in [1.165, 1.54) is 0 Å². The SMILES string of the molecule is Cc1cnc(C)c(OC2CCC(N)CC2)n1. The molecular formula is C12H19N3O. The number of nitrogens with zero attached hydrogens (tertiary/aromatic N) is 2. The van der Waals surface area contributed by atoms with E-state index in [-0.39, 0.29) is 6.10 Å². The summed E-state index contributed by atoms with van der Waals surface area (Å²) in [5.41, 5.74) is 7.62. The van der Waals surface area contributed by atoms with Gasteiger partial charge in [0.15, 0.2) is 0 Å². The molecule has 1 heterocycles. The van der Waals surface area contributed by atoms with Gasteiger partial charge in [-0.3, -0.25) is 4.98 Å². The highest BCUT2D eigenvalue weighted by atomic mass is 16.5. The Bertz CT molecular complexity index is 359. The smallest absolute Gasteiger partial charge is 0.235 e. The zero-order valence-electron chi connectivity index (χ0n) is 9.94. The first-order valence-electron chi connectivity index (χ1n) is 5.87. The van der Waals surface area contributed by atoms with Crippen molar-refractivity contribution in [3.63, 3.8) is 0 Å². The van der Waals surface area contributed by atoms with Crippen LogP contribution < -0.4 is 10.5 Å². The Kier molecular flexibility index (Phi) is 3.39. The molecule has 0 aliphatic heterocycles. The molecule has 1 aromatic heterocycles. The Morgan fingerprint density at radius 2 is 1.94 bits per heavy atom. The van der Waals surface area contributed by atoms with E-state index >= 15 is 0 Å². The van der Waals surface area contributed by atoms with Gasteiger partial charge in [0, 0.05) is 12.2 Å². The normalized spacial score (nSPS) is 25.4. The lowest BCUT2D eigenvalue weighted by Crippen LogP contribution is -2.32. The number of hydrogen-bond acceptors (Lipinski definition) is 4. The lowest BCUT2D eigenvalue weighted by molar-refractivity contribution is 0.139. The van der Waals surface area contributed by atoms with Crippen molar-refractivity contribution in [1.82, 2.24) is 9.97 Å². The molecule has 0 radical (unpaired) electrons. The molecule has 1 saturated carbocycles. The van der Waals surface area contributed by atoms with Gasteiger partial charge in [-0.15, -0.1) is 0 Å². The average Bonchev–Trinajstić information content (AvgIpc) is 2.27. The van der Waals surface area contributed by atoms with Gasteiger partial charge in [0.2, 0.25) is 5.88 Å². The molecule has 16 heavy (non-hydrogen) atoms. The number of ether oxygens (including phenoxy) is 1. The van der Waals surface area contributed by atoms with Crippen LogP contribution in [0.4, 0.5) is 0 Å². The Balaban J connectivity index is 2.00. The fraction of sp³-hybridized carbons (Fsp3) is 0.667. The first kappa shape index (κ1) is 11.3. The number of aryl methyl sites for hydroxylation is 2. The topological polar surface area (TPSA) is 61.0 Å². The van der Waals surface area contributed by atoms with Crippen molar-refractivity contribution in [2.24, 2.45) is 5.73 Å². The molecule has 1 aromatic rings. The first-order valence-corrected chi connectivity index (χ1v) is 5.87. The van der Waals surface area contributed by atoms with Crippen molar-refractivity contribution in [1.29, 1.82) is 0 Å². The number of nitrogens with two attached hydrogens (primary N) is 1. The van der Waals surface area contributed by atoms with E-state index in [0.29, 0.717) is 11.9 Å². The second-order valence-electron chi connectivity index (χ2n) is 4.56. The molecule has 2 N–H and O–H groups in total. The van der Waals surface area contributed by atoms with Crippen molar-refractivity contribution < 1.29 is 4.74 Å². The van der Waals surface area contributed by atoms with E-state index in [1.807, 2.05) is 13.8 Å². The molecule has 2 rings (SSSR count). The van der Waals surface area contributed by atoms with Crippen LogP contribution in [0, 0.1) is 13.8 Å². The third kappa shape index (κ3) is 2.70. The van der Waals surface area contributed by atoms with Gasteiger partial charge in [0.1, 0.15) is 6.10 Å². The zero-order chi connectivity index (χ0) is 11.5. The van der Waals surface area contributed by atoms with Crippen molar-refractivity contribution in [3.05, 3.63) is 17.6 Å². The fourth-order valence-electron chi connectivity index (χ4n) is 1.99. The van der Waals surface area contributed by atoms with Gasteiger partial charge in [-0.25, -0.2) is 4.98 Å². The minimum Gasteiger partial charge on any atom is -0.473 e. The largest absolute Gasteiger partial charge is 0.473 e. The summed E-state index contributed by atoms with van der Waals surface area (Å²) in [7, 11) is 0. The second-order valence-corrected chi connectivity index (χ2v) is 4.56. The maximum atomic E-state index is 5.89. The van der Waals surface area contributed by atoms with Crippen molar-refractivity contribution in [2.45, 2.75) is 51.7 Å². The highest BCUT2D eigenvalue weighted by Gasteiger charge is 2.21. The molecule has 0 unspecified atom stereocenters. The third-order valence-corrected chi connectivity index (χ3v) is 3.03. The van der Waals surface area contributed by atoms with Crippen LogP contribution in [0.5, 0.6) is 5.88 Å². The second kappa shape index (κ2) is 4.78. The summed E-state index contributed by atoms with van der Waals surface area (Å²) < 4.78 is 5.89. The zero-order valence-corrected chi connectivity index (χ0v) is 9.94. The highest BCUT2D eigenvalue weighted by Crippen LogP contribution is 2.23. The summed E-state index contributed by atoms with van der Waals surface area (Å²) in [4.78, 5) is 8.62. The molecule has 0 spiro atoms. The monoisotopic (exact) mass is 221 g/mol. The Labute approximate surface area is 96.2 Å². The number of hydrogen-bond donors (Lipinski definition) is 1. The number of aromatic nitrogens is 2. The first-order chi connectivity index (χ1) is 7.65. The Morgan fingerprint density at radius 3 is 2.62 bits per heavy atom. The predicted molar refractivity (Wildman–Crippen MR) is 62.4 cm³/mol. The van der Waals surface area contributed by atoms with E-state index in [0.717, 1.165) is 37.1 Å². The lowest BCUT2D eigenvalue weighted by Gasteiger charge is -2.26. The fourth-order valence-corrected chi connectivity index (χ4v) is 1.99. The predicted octanol–water partition coefficient (Wildman–Crippen LogP) is 1.74. The van der Waals surface area contributed by atoms with Crippen molar-refractivity contribution in [2.75, 3.05) is 0 Å². The van der Waals surface area contributed by atoms with Crippen LogP contribution in [0.1, 0.15) is 37.1 Å². The summed E-state index contributed by atoms with van der Waals surface area (Å²) in [5, 5.41) is 0. The van der Waals surface area contributed by atoms with Gasteiger partial charge in [0.25, 0.3) is 0 Å². The molecule has 88 valence electrons. The van der Waals surface area contributed by atoms with Gasteiger partial charge in [-0.2, -0.15) is 0 Å². The molecular weight excluding hydrogens is 202 g/mol. The van der Waals surface area contributed by atoms with E-state index in [4.69, 9.17) is 10.5 Å². The molecule has 0 atom stereocenters. The van der Waals surface area contributed by atoms with Crippen LogP contribution >= 0.6 is 0 Å². The molecule has 0 amide bonds. The lowest BCUT2D eigenvalue weighted by atomic mass is 9.94. The van der Waals surface area contributed by atoms with Gasteiger partial charge < -0.3 is 10.5 Å². The van der Waals surface area contributed by atoms with Crippen LogP contribution in [0.2, 0.25) is 0 Å². The van der Waals surface area contributed by atoms with Crippen LogP contribution in [0.3, 0.4) is 0 Å². The highest BCUT2D eigenvalue weighted by molar-refractivity contribution is 5.18. The molecule has 4 heteroatoms. The standard InChI is InChI=1S/C12H19N3O/c1-8-7-14-9(2)12(15-8)16-11-5-3-10(13)4-6-11/h7,10-11H,3-6,13H2,1-2H3. The van der Waals surface area contributed by atoms with Crippen molar-refractivity contribution in [3.8, 4) is 5.88 Å². The van der Waals surface area contributed by atoms with Crippen molar-refractivity contribution >= 4 is 0 Å². The quantitative estimate of drug-likeness (QED) is 0.826. The van der Waals surface area contributed by atoms with Crippen LogP contribution in [0.15, 0.2) is 6.20 Å². The summed E-state index contributed by atoms with van der Waals surface area (Å²) in [6.07, 6.45) is 6.16. The third-order valence-electron chi connectivity index (χ3n) is 3.03. The van der Waals surface area contributed by atoms with Crippen LogP contribution in [-0.4, -0.2) is 22.1 Å². The van der Waals surface area contributed by atoms with E-state index in [1.54, 1.807) is 6.20 Å². The average molecular weight is 221 g/mol. The Hall–Kier alpha value is -1.16. The van der Waals surface area contributed by atoms with Gasteiger partial charge in [0.05, 0.1) is 11.4 Å². The maximum Gasteiger partial charge on any atom is 0.235 e. The molecule has 1 fully saturated rings. The summed E-state index contributed by atoms with van der Waals surface area (Å²) in [6.45, 7) is 3.85. The van der Waals surface area contributed by atoms with Crippen LogP contribution in [-0.2, 0) is 0 Å². The maximum absolute atomic E-state index is 5.89. The van der Waals surface area contributed by atoms with Gasteiger partial charge >= 0.3 is 0 Å². The minimum absolute atomic E-state index is 0.259. The summed E-state index contributed by atoms with van der Waals surface area (Å²) >= 11 is 0. The molecule has 0 aromatic carbocycles. The van der Waals surface area contributed by atoms with Gasteiger partial charge in [-0.05, 0) is 39.5 Å². The summed E-state index contributed by atoms with van der Waals surface area (Å²) in [6, 6.07) is 0.351. The van der Waals surface area contributed by atoms with E-state index in [9.17, 15) is 0 Å².